The predicted molar refractivity (Wildman–Crippen MR) is 98.6 cm³/mol. The van der Waals surface area contributed by atoms with Crippen molar-refractivity contribution in [2.45, 2.75) is 12.8 Å². The van der Waals surface area contributed by atoms with Gasteiger partial charge in [0.1, 0.15) is 11.5 Å². The molecule has 0 spiro atoms. The van der Waals surface area contributed by atoms with Gasteiger partial charge in [0.25, 0.3) is 5.91 Å². The lowest BCUT2D eigenvalue weighted by Gasteiger charge is -2.31. The van der Waals surface area contributed by atoms with Crippen molar-refractivity contribution in [1.82, 2.24) is 4.90 Å². The second-order valence-electron chi connectivity index (χ2n) is 6.35. The Bertz CT molecular complexity index is 734. The number of ketones is 1. The van der Waals surface area contributed by atoms with E-state index in [9.17, 15) is 9.59 Å². The summed E-state index contributed by atoms with van der Waals surface area (Å²) in [5.41, 5.74) is 0.697. The van der Waals surface area contributed by atoms with Crippen molar-refractivity contribution in [3.63, 3.8) is 0 Å². The minimum atomic E-state index is -0.0394. The summed E-state index contributed by atoms with van der Waals surface area (Å²) >= 11 is 0. The second kappa shape index (κ2) is 8.52. The van der Waals surface area contributed by atoms with Crippen molar-refractivity contribution < 1.29 is 19.1 Å². The van der Waals surface area contributed by atoms with Gasteiger partial charge >= 0.3 is 0 Å². The largest absolute Gasteiger partial charge is 0.497 e. The molecule has 1 heterocycles. The molecule has 26 heavy (non-hydrogen) atoms. The predicted octanol–water partition coefficient (Wildman–Crippen LogP) is 3.20. The monoisotopic (exact) mass is 353 g/mol. The molecule has 3 rings (SSSR count). The van der Waals surface area contributed by atoms with Crippen molar-refractivity contribution in [3.05, 3.63) is 60.2 Å². The third kappa shape index (κ3) is 4.42. The Labute approximate surface area is 153 Å². The third-order valence-electron chi connectivity index (χ3n) is 4.70. The molecule has 2 aromatic rings. The molecule has 1 saturated heterocycles. The number of carbonyl (C=O) groups is 2. The topological polar surface area (TPSA) is 55.8 Å². The van der Waals surface area contributed by atoms with Crippen LogP contribution >= 0.6 is 0 Å². The van der Waals surface area contributed by atoms with Gasteiger partial charge in [-0.3, -0.25) is 9.59 Å². The summed E-state index contributed by atoms with van der Waals surface area (Å²) in [5.74, 6) is 1.48. The summed E-state index contributed by atoms with van der Waals surface area (Å²) in [5, 5.41) is 0. The second-order valence-corrected chi connectivity index (χ2v) is 6.35. The van der Waals surface area contributed by atoms with Gasteiger partial charge in [0.2, 0.25) is 0 Å². The van der Waals surface area contributed by atoms with E-state index in [1.807, 2.05) is 30.3 Å². The molecule has 1 amide bonds. The zero-order valence-electron chi connectivity index (χ0n) is 14.9. The summed E-state index contributed by atoms with van der Waals surface area (Å²) < 4.78 is 10.6. The molecule has 1 aliphatic rings. The number of ether oxygens (including phenoxy) is 2. The van der Waals surface area contributed by atoms with Crippen LogP contribution in [0.5, 0.6) is 11.5 Å². The molecule has 1 fully saturated rings. The molecule has 0 unspecified atom stereocenters. The van der Waals surface area contributed by atoms with Gasteiger partial charge in [-0.2, -0.15) is 0 Å². The molecule has 0 radical (unpaired) electrons. The lowest BCUT2D eigenvalue weighted by atomic mass is 9.89. The number of nitrogens with zero attached hydrogens (tertiary/aromatic N) is 1. The van der Waals surface area contributed by atoms with Gasteiger partial charge in [-0.1, -0.05) is 18.2 Å². The Morgan fingerprint density at radius 3 is 2.23 bits per heavy atom. The molecule has 2 aromatic carbocycles. The van der Waals surface area contributed by atoms with Gasteiger partial charge in [-0.25, -0.2) is 0 Å². The zero-order valence-corrected chi connectivity index (χ0v) is 14.9. The normalized spacial score (nSPS) is 14.7. The van der Waals surface area contributed by atoms with Crippen LogP contribution in [-0.2, 0) is 4.79 Å². The fourth-order valence-corrected chi connectivity index (χ4v) is 3.14. The number of benzene rings is 2. The lowest BCUT2D eigenvalue weighted by Crippen LogP contribution is -2.42. The van der Waals surface area contributed by atoms with Crippen LogP contribution < -0.4 is 9.47 Å². The highest BCUT2D eigenvalue weighted by Crippen LogP contribution is 2.23. The van der Waals surface area contributed by atoms with Gasteiger partial charge < -0.3 is 14.4 Å². The molecule has 0 bridgehead atoms. The molecule has 5 nitrogen and oxygen atoms in total. The van der Waals surface area contributed by atoms with E-state index in [-0.39, 0.29) is 24.2 Å². The lowest BCUT2D eigenvalue weighted by molar-refractivity contribution is -0.134. The minimum absolute atomic E-state index is 0.0289. The first-order chi connectivity index (χ1) is 12.7. The number of para-hydroxylation sites is 1. The first kappa shape index (κ1) is 18.0. The maximum Gasteiger partial charge on any atom is 0.260 e. The van der Waals surface area contributed by atoms with E-state index in [0.29, 0.717) is 37.2 Å². The van der Waals surface area contributed by atoms with Crippen LogP contribution in [0.15, 0.2) is 54.6 Å². The summed E-state index contributed by atoms with van der Waals surface area (Å²) in [6.07, 6.45) is 1.36. The molecular weight excluding hydrogens is 330 g/mol. The number of amides is 1. The van der Waals surface area contributed by atoms with E-state index in [1.54, 1.807) is 36.3 Å². The van der Waals surface area contributed by atoms with Crippen LogP contribution in [0.3, 0.4) is 0 Å². The van der Waals surface area contributed by atoms with Crippen LogP contribution in [0.25, 0.3) is 0 Å². The molecule has 0 saturated carbocycles. The SMILES string of the molecule is COc1ccc(C(=O)C2CCN(C(=O)COc3ccccc3)CC2)cc1. The van der Waals surface area contributed by atoms with E-state index in [1.165, 1.54) is 0 Å². The average Bonchev–Trinajstić information content (AvgIpc) is 2.72. The van der Waals surface area contributed by atoms with E-state index >= 15 is 0 Å². The van der Waals surface area contributed by atoms with E-state index in [4.69, 9.17) is 9.47 Å². The Morgan fingerprint density at radius 2 is 1.62 bits per heavy atom. The van der Waals surface area contributed by atoms with Crippen molar-refractivity contribution in [1.29, 1.82) is 0 Å². The summed E-state index contributed by atoms with van der Waals surface area (Å²) in [6.45, 7) is 1.20. The molecule has 0 aliphatic carbocycles. The van der Waals surface area contributed by atoms with Gasteiger partial charge in [0.05, 0.1) is 7.11 Å². The van der Waals surface area contributed by atoms with Crippen molar-refractivity contribution in [3.8, 4) is 11.5 Å². The Morgan fingerprint density at radius 1 is 0.962 bits per heavy atom. The van der Waals surface area contributed by atoms with Crippen LogP contribution in [-0.4, -0.2) is 43.4 Å². The fourth-order valence-electron chi connectivity index (χ4n) is 3.14. The molecule has 136 valence electrons. The van der Waals surface area contributed by atoms with Gasteiger partial charge in [-0.05, 0) is 49.2 Å². The number of piperidine rings is 1. The number of methoxy groups -OCH3 is 1. The number of Topliss-reactive ketones (excluding diaryl/α,β-unsaturated/α-hetero) is 1. The van der Waals surface area contributed by atoms with Crippen LogP contribution in [0.1, 0.15) is 23.2 Å². The Kier molecular flexibility index (Phi) is 5.89. The zero-order chi connectivity index (χ0) is 18.4. The summed E-state index contributed by atoms with van der Waals surface area (Å²) in [4.78, 5) is 26.7. The fraction of sp³-hybridized carbons (Fsp3) is 0.333. The first-order valence-electron chi connectivity index (χ1n) is 8.81. The number of likely N-dealkylation sites (tertiary alicyclic amines) is 1. The number of carbonyl (C=O) groups excluding carboxylic acids is 2. The van der Waals surface area contributed by atoms with Gasteiger partial charge in [0.15, 0.2) is 12.4 Å². The number of hydrogen-bond donors (Lipinski definition) is 0. The summed E-state index contributed by atoms with van der Waals surface area (Å²) in [7, 11) is 1.60. The Balaban J connectivity index is 1.48. The molecule has 0 atom stereocenters. The van der Waals surface area contributed by atoms with Crippen molar-refractivity contribution >= 4 is 11.7 Å². The smallest absolute Gasteiger partial charge is 0.260 e. The van der Waals surface area contributed by atoms with Gasteiger partial charge in [0, 0.05) is 24.6 Å². The van der Waals surface area contributed by atoms with Gasteiger partial charge in [-0.15, -0.1) is 0 Å². The molecule has 1 aliphatic heterocycles. The van der Waals surface area contributed by atoms with E-state index in [2.05, 4.69) is 0 Å². The number of rotatable bonds is 6. The van der Waals surface area contributed by atoms with E-state index < -0.39 is 0 Å². The molecule has 0 aromatic heterocycles. The molecule has 5 heteroatoms. The summed E-state index contributed by atoms with van der Waals surface area (Å²) in [6, 6.07) is 16.5. The minimum Gasteiger partial charge on any atom is -0.497 e. The third-order valence-corrected chi connectivity index (χ3v) is 4.70. The highest BCUT2D eigenvalue weighted by atomic mass is 16.5. The Hall–Kier alpha value is -2.82. The highest BCUT2D eigenvalue weighted by Gasteiger charge is 2.28. The first-order valence-corrected chi connectivity index (χ1v) is 8.81. The van der Waals surface area contributed by atoms with Crippen LogP contribution in [0.4, 0.5) is 0 Å². The molecule has 0 N–H and O–H groups in total. The maximum absolute atomic E-state index is 12.6. The van der Waals surface area contributed by atoms with E-state index in [0.717, 1.165) is 5.75 Å². The highest BCUT2D eigenvalue weighted by molar-refractivity contribution is 5.98. The van der Waals surface area contributed by atoms with Crippen molar-refractivity contribution in [2.24, 2.45) is 5.92 Å². The average molecular weight is 353 g/mol. The quantitative estimate of drug-likeness (QED) is 0.749. The van der Waals surface area contributed by atoms with Crippen LogP contribution in [0.2, 0.25) is 0 Å². The molecular formula is C21H23NO4. The number of hydrogen-bond acceptors (Lipinski definition) is 4. The van der Waals surface area contributed by atoms with Crippen molar-refractivity contribution in [2.75, 3.05) is 26.8 Å². The standard InChI is InChI=1S/C21H23NO4/c1-25-18-9-7-16(8-10-18)21(24)17-11-13-22(14-12-17)20(23)15-26-19-5-3-2-4-6-19/h2-10,17H,11-15H2,1H3. The van der Waals surface area contributed by atoms with Crippen LogP contribution in [0, 0.1) is 5.92 Å². The maximum atomic E-state index is 12.6.